The van der Waals surface area contributed by atoms with Crippen molar-refractivity contribution in [3.63, 3.8) is 0 Å². The van der Waals surface area contributed by atoms with Gasteiger partial charge in [0.05, 0.1) is 0 Å². The molecule has 1 saturated heterocycles. The van der Waals surface area contributed by atoms with Crippen molar-refractivity contribution in [2.75, 3.05) is 13.1 Å². The second kappa shape index (κ2) is 6.74. The van der Waals surface area contributed by atoms with E-state index in [2.05, 4.69) is 15.9 Å². The molecule has 0 bridgehead atoms. The molecule has 1 heterocycles. The highest BCUT2D eigenvalue weighted by Crippen LogP contribution is 2.13. The average molecular weight is 308 g/mol. The van der Waals surface area contributed by atoms with Crippen LogP contribution >= 0.6 is 15.9 Å². The van der Waals surface area contributed by atoms with Gasteiger partial charge in [0.1, 0.15) is 0 Å². The molecular weight excluding hydrogens is 290 g/mol. The van der Waals surface area contributed by atoms with Crippen molar-refractivity contribution in [1.82, 2.24) is 4.90 Å². The van der Waals surface area contributed by atoms with Gasteiger partial charge >= 0.3 is 0 Å². The van der Waals surface area contributed by atoms with E-state index in [1.54, 1.807) is 6.08 Å². The molecule has 0 aliphatic carbocycles. The molecular formula is C15H18BrNO. The summed E-state index contributed by atoms with van der Waals surface area (Å²) in [7, 11) is 0. The van der Waals surface area contributed by atoms with E-state index in [-0.39, 0.29) is 5.91 Å². The first-order valence-corrected chi connectivity index (χ1v) is 7.27. The molecule has 2 rings (SSSR count). The molecule has 1 aliphatic rings. The highest BCUT2D eigenvalue weighted by molar-refractivity contribution is 9.10. The molecule has 0 aromatic heterocycles. The first kappa shape index (κ1) is 13.3. The summed E-state index contributed by atoms with van der Waals surface area (Å²) in [6.45, 7) is 1.81. The van der Waals surface area contributed by atoms with E-state index in [0.29, 0.717) is 0 Å². The Kier molecular flexibility index (Phi) is 5.00. The number of carbonyl (C=O) groups excluding carboxylic acids is 1. The fourth-order valence-electron chi connectivity index (χ4n) is 2.14. The molecule has 96 valence electrons. The number of rotatable bonds is 2. The Bertz CT molecular complexity index is 417. The van der Waals surface area contributed by atoms with E-state index in [9.17, 15) is 4.79 Å². The summed E-state index contributed by atoms with van der Waals surface area (Å²) in [5, 5.41) is 0. The van der Waals surface area contributed by atoms with Crippen LogP contribution in [0.2, 0.25) is 0 Å². The highest BCUT2D eigenvalue weighted by atomic mass is 79.9. The van der Waals surface area contributed by atoms with Crippen LogP contribution < -0.4 is 0 Å². The predicted molar refractivity (Wildman–Crippen MR) is 78.2 cm³/mol. The summed E-state index contributed by atoms with van der Waals surface area (Å²) >= 11 is 3.40. The summed E-state index contributed by atoms with van der Waals surface area (Å²) in [6, 6.07) is 7.96. The lowest BCUT2D eigenvalue weighted by atomic mass is 10.2. The van der Waals surface area contributed by atoms with Gasteiger partial charge in [-0.2, -0.15) is 0 Å². The van der Waals surface area contributed by atoms with Crippen LogP contribution in [-0.2, 0) is 4.79 Å². The minimum absolute atomic E-state index is 0.139. The lowest BCUT2D eigenvalue weighted by Gasteiger charge is -2.17. The summed E-state index contributed by atoms with van der Waals surface area (Å²) in [5.74, 6) is 0.139. The Hall–Kier alpha value is -1.09. The Morgan fingerprint density at radius 3 is 2.28 bits per heavy atom. The van der Waals surface area contributed by atoms with Crippen molar-refractivity contribution in [2.24, 2.45) is 0 Å². The topological polar surface area (TPSA) is 20.3 Å². The summed E-state index contributed by atoms with van der Waals surface area (Å²) in [5.41, 5.74) is 1.06. The van der Waals surface area contributed by atoms with Gasteiger partial charge < -0.3 is 4.90 Å². The van der Waals surface area contributed by atoms with Gasteiger partial charge in [-0.1, -0.05) is 40.9 Å². The molecule has 0 N–H and O–H groups in total. The smallest absolute Gasteiger partial charge is 0.246 e. The Morgan fingerprint density at radius 1 is 1.06 bits per heavy atom. The van der Waals surface area contributed by atoms with Crippen LogP contribution in [0.1, 0.15) is 31.2 Å². The van der Waals surface area contributed by atoms with E-state index in [4.69, 9.17) is 0 Å². The number of likely N-dealkylation sites (tertiary alicyclic amines) is 1. The first-order valence-electron chi connectivity index (χ1n) is 6.48. The molecule has 0 saturated carbocycles. The molecule has 1 aliphatic heterocycles. The zero-order valence-corrected chi connectivity index (χ0v) is 12.0. The Morgan fingerprint density at radius 2 is 1.67 bits per heavy atom. The van der Waals surface area contributed by atoms with E-state index in [0.717, 1.165) is 36.0 Å². The third-order valence-electron chi connectivity index (χ3n) is 3.21. The number of benzene rings is 1. The molecule has 2 nitrogen and oxygen atoms in total. The monoisotopic (exact) mass is 307 g/mol. The minimum atomic E-state index is 0.139. The van der Waals surface area contributed by atoms with Crippen LogP contribution in [0.15, 0.2) is 34.8 Å². The molecule has 0 radical (unpaired) electrons. The van der Waals surface area contributed by atoms with Gasteiger partial charge in [0.15, 0.2) is 0 Å². The van der Waals surface area contributed by atoms with Crippen molar-refractivity contribution in [2.45, 2.75) is 25.7 Å². The van der Waals surface area contributed by atoms with Gasteiger partial charge in [0.2, 0.25) is 5.91 Å². The summed E-state index contributed by atoms with van der Waals surface area (Å²) < 4.78 is 1.05. The second-order valence-electron chi connectivity index (χ2n) is 4.62. The maximum Gasteiger partial charge on any atom is 0.246 e. The van der Waals surface area contributed by atoms with E-state index in [1.807, 2.05) is 35.2 Å². The van der Waals surface area contributed by atoms with Crippen molar-refractivity contribution in [1.29, 1.82) is 0 Å². The van der Waals surface area contributed by atoms with Crippen molar-refractivity contribution in [3.8, 4) is 0 Å². The van der Waals surface area contributed by atoms with E-state index < -0.39 is 0 Å². The largest absolute Gasteiger partial charge is 0.339 e. The lowest BCUT2D eigenvalue weighted by molar-refractivity contribution is -0.125. The average Bonchev–Trinajstić information content (AvgIpc) is 2.66. The molecule has 0 spiro atoms. The minimum Gasteiger partial charge on any atom is -0.339 e. The molecule has 1 fully saturated rings. The van der Waals surface area contributed by atoms with Crippen molar-refractivity contribution in [3.05, 3.63) is 40.4 Å². The number of hydrogen-bond donors (Lipinski definition) is 0. The maximum atomic E-state index is 12.0. The van der Waals surface area contributed by atoms with Gasteiger partial charge in [-0.15, -0.1) is 0 Å². The molecule has 0 unspecified atom stereocenters. The van der Waals surface area contributed by atoms with E-state index in [1.165, 1.54) is 12.8 Å². The van der Waals surface area contributed by atoms with Gasteiger partial charge in [-0.3, -0.25) is 4.79 Å². The molecule has 0 atom stereocenters. The number of nitrogens with zero attached hydrogens (tertiary/aromatic N) is 1. The summed E-state index contributed by atoms with van der Waals surface area (Å²) in [4.78, 5) is 14.0. The third-order valence-corrected chi connectivity index (χ3v) is 3.73. The number of halogens is 1. The van der Waals surface area contributed by atoms with Crippen LogP contribution in [0.3, 0.4) is 0 Å². The van der Waals surface area contributed by atoms with Crippen molar-refractivity contribution < 1.29 is 4.79 Å². The first-order chi connectivity index (χ1) is 8.75. The Labute approximate surface area is 117 Å². The fourth-order valence-corrected chi connectivity index (χ4v) is 2.40. The Balaban J connectivity index is 1.95. The molecule has 1 aromatic rings. The normalized spacial score (nSPS) is 16.8. The van der Waals surface area contributed by atoms with Gasteiger partial charge in [-0.25, -0.2) is 0 Å². The second-order valence-corrected chi connectivity index (χ2v) is 5.54. The van der Waals surface area contributed by atoms with Crippen LogP contribution in [0.4, 0.5) is 0 Å². The van der Waals surface area contributed by atoms with Crippen LogP contribution in [0.25, 0.3) is 6.08 Å². The molecule has 1 aromatic carbocycles. The third kappa shape index (κ3) is 3.98. The van der Waals surface area contributed by atoms with Crippen LogP contribution in [0.5, 0.6) is 0 Å². The zero-order chi connectivity index (χ0) is 12.8. The van der Waals surface area contributed by atoms with Gasteiger partial charge in [0, 0.05) is 23.6 Å². The number of amides is 1. The van der Waals surface area contributed by atoms with Crippen LogP contribution in [0, 0.1) is 0 Å². The fraction of sp³-hybridized carbons (Fsp3) is 0.400. The molecule has 1 amide bonds. The maximum absolute atomic E-state index is 12.0. The van der Waals surface area contributed by atoms with E-state index >= 15 is 0 Å². The predicted octanol–water partition coefficient (Wildman–Crippen LogP) is 3.86. The van der Waals surface area contributed by atoms with Gasteiger partial charge in [-0.05, 0) is 36.6 Å². The zero-order valence-electron chi connectivity index (χ0n) is 10.4. The number of hydrogen-bond acceptors (Lipinski definition) is 1. The molecule has 18 heavy (non-hydrogen) atoms. The summed E-state index contributed by atoms with van der Waals surface area (Å²) in [6.07, 6.45) is 8.35. The highest BCUT2D eigenvalue weighted by Gasteiger charge is 2.12. The number of carbonyl (C=O) groups is 1. The van der Waals surface area contributed by atoms with Gasteiger partial charge in [0.25, 0.3) is 0 Å². The van der Waals surface area contributed by atoms with Crippen LogP contribution in [-0.4, -0.2) is 23.9 Å². The quantitative estimate of drug-likeness (QED) is 0.760. The standard InChI is InChI=1S/C15H18BrNO/c16-14-8-5-13(6-9-14)7-10-15(18)17-11-3-1-2-4-12-17/h5-10H,1-4,11-12H2/b10-7+. The molecule has 3 heteroatoms. The lowest BCUT2D eigenvalue weighted by Crippen LogP contribution is -2.30. The van der Waals surface area contributed by atoms with Crippen molar-refractivity contribution >= 4 is 27.9 Å². The SMILES string of the molecule is O=C(/C=C/c1ccc(Br)cc1)N1CCCCCC1.